The zero-order valence-corrected chi connectivity index (χ0v) is 18.8. The van der Waals surface area contributed by atoms with E-state index in [2.05, 4.69) is 31.0 Å². The minimum absolute atomic E-state index is 0.104. The van der Waals surface area contributed by atoms with Crippen molar-refractivity contribution in [3.63, 3.8) is 0 Å². The number of hydrogen-bond donors (Lipinski definition) is 1. The second-order valence-electron chi connectivity index (χ2n) is 9.53. The molecule has 0 radical (unpaired) electrons. The van der Waals surface area contributed by atoms with Crippen LogP contribution in [0.3, 0.4) is 0 Å². The lowest BCUT2D eigenvalue weighted by molar-refractivity contribution is -0.165. The van der Waals surface area contributed by atoms with Crippen molar-refractivity contribution < 1.29 is 9.53 Å². The third-order valence-corrected chi connectivity index (χ3v) is 6.87. The lowest BCUT2D eigenvalue weighted by atomic mass is 9.64. The zero-order chi connectivity index (χ0) is 22.6. The molecule has 6 rings (SSSR count). The number of pyridine rings is 2. The maximum atomic E-state index is 13.0. The summed E-state index contributed by atoms with van der Waals surface area (Å²) in [6, 6.07) is 8.19. The molecule has 1 saturated heterocycles. The Morgan fingerprint density at radius 2 is 2.06 bits per heavy atom. The second kappa shape index (κ2) is 7.52. The van der Waals surface area contributed by atoms with E-state index in [-0.39, 0.29) is 11.9 Å². The first-order chi connectivity index (χ1) is 16.0. The summed E-state index contributed by atoms with van der Waals surface area (Å²) >= 11 is 0. The van der Waals surface area contributed by atoms with Gasteiger partial charge in [0.1, 0.15) is 5.69 Å². The van der Waals surface area contributed by atoms with E-state index in [1.165, 1.54) is 0 Å². The van der Waals surface area contributed by atoms with E-state index in [4.69, 9.17) is 4.74 Å². The number of carbonyl (C=O) groups excluding carboxylic acids is 1. The SMILES string of the molecule is Cn1cc(-c2ccc(Cc3cc(C(=O)NC4CC5(COC5)C4)nc4ccn(C)c34)cn2)cn1. The Balaban J connectivity index is 1.24. The van der Waals surface area contributed by atoms with Gasteiger partial charge < -0.3 is 14.6 Å². The van der Waals surface area contributed by atoms with Gasteiger partial charge in [-0.15, -0.1) is 0 Å². The summed E-state index contributed by atoms with van der Waals surface area (Å²) in [5, 5.41) is 7.38. The Morgan fingerprint density at radius 1 is 1.21 bits per heavy atom. The van der Waals surface area contributed by atoms with Crippen LogP contribution < -0.4 is 5.32 Å². The molecule has 1 spiro atoms. The van der Waals surface area contributed by atoms with Gasteiger partial charge in [-0.25, -0.2) is 4.98 Å². The van der Waals surface area contributed by atoms with Gasteiger partial charge in [0.15, 0.2) is 0 Å². The quantitative estimate of drug-likeness (QED) is 0.514. The molecule has 168 valence electrons. The van der Waals surface area contributed by atoms with Crippen LogP contribution in [0.25, 0.3) is 22.3 Å². The van der Waals surface area contributed by atoms with Crippen LogP contribution in [-0.2, 0) is 25.3 Å². The molecular formula is C25H26N6O2. The Labute approximate surface area is 191 Å². The summed E-state index contributed by atoms with van der Waals surface area (Å²) in [6.45, 7) is 1.65. The molecule has 1 aliphatic carbocycles. The van der Waals surface area contributed by atoms with Crippen molar-refractivity contribution in [2.24, 2.45) is 19.5 Å². The van der Waals surface area contributed by atoms with E-state index < -0.39 is 0 Å². The van der Waals surface area contributed by atoms with Crippen LogP contribution in [-0.4, -0.2) is 49.5 Å². The molecule has 4 aromatic rings. The number of carbonyl (C=O) groups is 1. The smallest absolute Gasteiger partial charge is 0.270 e. The average Bonchev–Trinajstić information content (AvgIpc) is 3.35. The molecule has 8 nitrogen and oxygen atoms in total. The molecule has 33 heavy (non-hydrogen) atoms. The molecule has 2 fully saturated rings. The van der Waals surface area contributed by atoms with Crippen LogP contribution in [0, 0.1) is 5.41 Å². The van der Waals surface area contributed by atoms with Gasteiger partial charge in [-0.3, -0.25) is 14.5 Å². The molecule has 0 unspecified atom stereocenters. The minimum atomic E-state index is -0.104. The second-order valence-corrected chi connectivity index (χ2v) is 9.53. The number of ether oxygens (including phenoxy) is 1. The van der Waals surface area contributed by atoms with Gasteiger partial charge >= 0.3 is 0 Å². The predicted molar refractivity (Wildman–Crippen MR) is 124 cm³/mol. The maximum absolute atomic E-state index is 13.0. The molecule has 0 bridgehead atoms. The van der Waals surface area contributed by atoms with Gasteiger partial charge in [-0.1, -0.05) is 6.07 Å². The lowest BCUT2D eigenvalue weighted by Gasteiger charge is -2.53. The topological polar surface area (TPSA) is 86.9 Å². The van der Waals surface area contributed by atoms with Crippen LogP contribution in [0.2, 0.25) is 0 Å². The van der Waals surface area contributed by atoms with E-state index in [1.807, 2.05) is 57.1 Å². The van der Waals surface area contributed by atoms with Gasteiger partial charge in [-0.2, -0.15) is 5.10 Å². The largest absolute Gasteiger partial charge is 0.380 e. The maximum Gasteiger partial charge on any atom is 0.270 e. The summed E-state index contributed by atoms with van der Waals surface area (Å²) < 4.78 is 9.16. The molecule has 1 amide bonds. The Bertz CT molecular complexity index is 1340. The van der Waals surface area contributed by atoms with Crippen molar-refractivity contribution in [1.82, 2.24) is 29.6 Å². The highest BCUT2D eigenvalue weighted by atomic mass is 16.5. The van der Waals surface area contributed by atoms with Gasteiger partial charge in [0.25, 0.3) is 5.91 Å². The van der Waals surface area contributed by atoms with Crippen molar-refractivity contribution in [3.05, 3.63) is 65.9 Å². The standard InChI is InChI=1S/C25H26N6O2/c1-30-6-5-21-23(30)17(7-16-3-4-20(26-11-16)18-12-27-31(2)13-18)8-22(29-21)24(32)28-19-9-25(10-19)14-33-15-25/h3-6,8,11-13,19H,7,9-10,14-15H2,1-2H3,(H,28,32). The third kappa shape index (κ3) is 3.60. The highest BCUT2D eigenvalue weighted by molar-refractivity contribution is 5.95. The molecule has 0 atom stereocenters. The van der Waals surface area contributed by atoms with Crippen molar-refractivity contribution in [2.45, 2.75) is 25.3 Å². The predicted octanol–water partition coefficient (Wildman–Crippen LogP) is 2.87. The Hall–Kier alpha value is -3.52. The first-order valence-corrected chi connectivity index (χ1v) is 11.3. The number of hydrogen-bond acceptors (Lipinski definition) is 5. The normalized spacial score (nSPS) is 17.2. The van der Waals surface area contributed by atoms with Crippen LogP contribution in [0.5, 0.6) is 0 Å². The molecule has 4 aromatic heterocycles. The third-order valence-electron chi connectivity index (χ3n) is 6.87. The van der Waals surface area contributed by atoms with Crippen molar-refractivity contribution >= 4 is 16.9 Å². The first kappa shape index (κ1) is 20.1. The number of amides is 1. The fraction of sp³-hybridized carbons (Fsp3) is 0.360. The van der Waals surface area contributed by atoms with Crippen molar-refractivity contribution in [1.29, 1.82) is 0 Å². The fourth-order valence-corrected chi connectivity index (χ4v) is 5.09. The molecule has 5 heterocycles. The Kier molecular flexibility index (Phi) is 4.58. The van der Waals surface area contributed by atoms with Gasteiger partial charge in [0.05, 0.1) is 36.1 Å². The molecule has 1 saturated carbocycles. The number of aryl methyl sites for hydroxylation is 2. The number of aromatic nitrogens is 5. The Morgan fingerprint density at radius 3 is 2.73 bits per heavy atom. The molecule has 0 aromatic carbocycles. The van der Waals surface area contributed by atoms with Crippen LogP contribution >= 0.6 is 0 Å². The van der Waals surface area contributed by atoms with Crippen LogP contribution in [0.15, 0.2) is 49.1 Å². The van der Waals surface area contributed by atoms with E-state index in [0.717, 1.165) is 59.5 Å². The summed E-state index contributed by atoms with van der Waals surface area (Å²) in [6.07, 6.45) is 10.3. The summed E-state index contributed by atoms with van der Waals surface area (Å²) in [4.78, 5) is 22.3. The van der Waals surface area contributed by atoms with Crippen LogP contribution in [0.1, 0.15) is 34.5 Å². The molecule has 8 heteroatoms. The molecule has 1 N–H and O–H groups in total. The number of nitrogens with zero attached hydrogens (tertiary/aromatic N) is 5. The zero-order valence-electron chi connectivity index (χ0n) is 18.8. The summed E-state index contributed by atoms with van der Waals surface area (Å²) in [7, 11) is 3.90. The average molecular weight is 443 g/mol. The highest BCUT2D eigenvalue weighted by Crippen LogP contribution is 2.46. The van der Waals surface area contributed by atoms with E-state index >= 15 is 0 Å². The molecule has 1 aliphatic heterocycles. The molecule has 2 aliphatic rings. The van der Waals surface area contributed by atoms with Gasteiger partial charge in [0.2, 0.25) is 0 Å². The number of nitrogens with one attached hydrogen (secondary N) is 1. The molecular weight excluding hydrogens is 416 g/mol. The summed E-state index contributed by atoms with van der Waals surface area (Å²) in [5.41, 5.74) is 6.67. The van der Waals surface area contributed by atoms with E-state index in [1.54, 1.807) is 4.68 Å². The monoisotopic (exact) mass is 442 g/mol. The van der Waals surface area contributed by atoms with Crippen molar-refractivity contribution in [2.75, 3.05) is 13.2 Å². The first-order valence-electron chi connectivity index (χ1n) is 11.3. The van der Waals surface area contributed by atoms with Crippen molar-refractivity contribution in [3.8, 4) is 11.3 Å². The number of rotatable bonds is 5. The lowest BCUT2D eigenvalue weighted by Crippen LogP contribution is -2.59. The van der Waals surface area contributed by atoms with Gasteiger partial charge in [-0.05, 0) is 42.2 Å². The van der Waals surface area contributed by atoms with E-state index in [0.29, 0.717) is 17.5 Å². The van der Waals surface area contributed by atoms with Crippen LogP contribution in [0.4, 0.5) is 0 Å². The highest BCUT2D eigenvalue weighted by Gasteiger charge is 2.50. The van der Waals surface area contributed by atoms with Gasteiger partial charge in [0, 0.05) is 56.1 Å². The minimum Gasteiger partial charge on any atom is -0.380 e. The van der Waals surface area contributed by atoms with E-state index in [9.17, 15) is 4.79 Å². The fourth-order valence-electron chi connectivity index (χ4n) is 5.09. The number of fused-ring (bicyclic) bond motifs is 1. The summed E-state index contributed by atoms with van der Waals surface area (Å²) in [5.74, 6) is -0.104.